The van der Waals surface area contributed by atoms with Gasteiger partial charge in [0.05, 0.1) is 0 Å². The molecule has 0 saturated heterocycles. The lowest BCUT2D eigenvalue weighted by molar-refractivity contribution is 0.533. The van der Waals surface area contributed by atoms with Crippen molar-refractivity contribution in [3.63, 3.8) is 0 Å². The largest absolute Gasteiger partial charge is 0.461 e. The predicted octanol–water partition coefficient (Wildman–Crippen LogP) is 4.17. The van der Waals surface area contributed by atoms with E-state index in [1.807, 2.05) is 13.8 Å². The minimum atomic E-state index is 0.0539. The van der Waals surface area contributed by atoms with Crippen LogP contribution in [0.3, 0.4) is 0 Å². The lowest BCUT2D eigenvalue weighted by Gasteiger charge is -2.21. The second-order valence-corrected chi connectivity index (χ2v) is 6.24. The van der Waals surface area contributed by atoms with Crippen molar-refractivity contribution in [1.82, 2.24) is 0 Å². The second-order valence-electron chi connectivity index (χ2n) is 6.24. The fraction of sp³-hybridized carbons (Fsp3) is 0.412. The molecule has 1 saturated carbocycles. The van der Waals surface area contributed by atoms with Gasteiger partial charge in [-0.15, -0.1) is 0 Å². The van der Waals surface area contributed by atoms with Gasteiger partial charge in [0, 0.05) is 27.8 Å². The van der Waals surface area contributed by atoms with E-state index in [-0.39, 0.29) is 11.5 Å². The molecule has 3 aromatic rings. The molecule has 2 heterocycles. The number of hydrogen-bond donors (Lipinski definition) is 1. The Morgan fingerprint density at radius 1 is 1.10 bits per heavy atom. The number of fused-ring (bicyclic) bond motifs is 2. The van der Waals surface area contributed by atoms with Crippen LogP contribution in [-0.4, -0.2) is 6.04 Å². The summed E-state index contributed by atoms with van der Waals surface area (Å²) in [7, 11) is 0. The number of nitrogens with two attached hydrogens (primary N) is 1. The van der Waals surface area contributed by atoms with Gasteiger partial charge < -0.3 is 14.6 Å². The van der Waals surface area contributed by atoms with Crippen molar-refractivity contribution in [2.45, 2.75) is 45.1 Å². The molecule has 2 N–H and O–H groups in total. The average Bonchev–Trinajstić information content (AvgIpc) is 2.96. The summed E-state index contributed by atoms with van der Waals surface area (Å²) >= 11 is 0. The zero-order valence-electron chi connectivity index (χ0n) is 12.1. The van der Waals surface area contributed by atoms with Crippen molar-refractivity contribution in [2.75, 3.05) is 0 Å². The predicted molar refractivity (Wildman–Crippen MR) is 80.0 cm³/mol. The first kappa shape index (κ1) is 12.0. The number of hydrogen-bond acceptors (Lipinski definition) is 3. The maximum absolute atomic E-state index is 6.29. The van der Waals surface area contributed by atoms with Crippen LogP contribution in [0.15, 0.2) is 27.0 Å². The van der Waals surface area contributed by atoms with Crippen LogP contribution in [0.25, 0.3) is 21.9 Å². The molecule has 1 aromatic carbocycles. The molecular weight excluding hydrogens is 250 g/mol. The molecule has 0 amide bonds. The molecule has 1 unspecified atom stereocenters. The van der Waals surface area contributed by atoms with Crippen molar-refractivity contribution >= 4 is 21.9 Å². The van der Waals surface area contributed by atoms with Gasteiger partial charge in [0.15, 0.2) is 0 Å². The van der Waals surface area contributed by atoms with Crippen LogP contribution in [0.5, 0.6) is 0 Å². The van der Waals surface area contributed by atoms with E-state index in [1.54, 1.807) is 0 Å². The van der Waals surface area contributed by atoms with Crippen LogP contribution in [0.2, 0.25) is 0 Å². The van der Waals surface area contributed by atoms with E-state index in [1.165, 1.54) is 10.9 Å². The van der Waals surface area contributed by atoms with Gasteiger partial charge in [-0.2, -0.15) is 0 Å². The van der Waals surface area contributed by atoms with Gasteiger partial charge in [0.2, 0.25) is 0 Å². The summed E-state index contributed by atoms with van der Waals surface area (Å²) < 4.78 is 11.8. The lowest BCUT2D eigenvalue weighted by Crippen LogP contribution is -2.31. The van der Waals surface area contributed by atoms with Gasteiger partial charge in [-0.05, 0) is 51.8 Å². The molecule has 0 bridgehead atoms. The third-order valence-electron chi connectivity index (χ3n) is 4.71. The molecule has 3 heteroatoms. The summed E-state index contributed by atoms with van der Waals surface area (Å²) in [6, 6.07) is 6.39. The molecule has 104 valence electrons. The van der Waals surface area contributed by atoms with Gasteiger partial charge in [-0.25, -0.2) is 0 Å². The highest BCUT2D eigenvalue weighted by Gasteiger charge is 2.50. The zero-order chi connectivity index (χ0) is 14.1. The Balaban J connectivity index is 2.17. The highest BCUT2D eigenvalue weighted by molar-refractivity contribution is 5.99. The first-order valence-corrected chi connectivity index (χ1v) is 7.21. The topological polar surface area (TPSA) is 52.3 Å². The van der Waals surface area contributed by atoms with E-state index in [0.29, 0.717) is 0 Å². The molecule has 1 aliphatic carbocycles. The minimum absolute atomic E-state index is 0.0539. The van der Waals surface area contributed by atoms with Crippen molar-refractivity contribution < 1.29 is 8.83 Å². The quantitative estimate of drug-likeness (QED) is 0.759. The highest BCUT2D eigenvalue weighted by atomic mass is 16.3. The maximum Gasteiger partial charge on any atom is 0.138 e. The van der Waals surface area contributed by atoms with E-state index in [0.717, 1.165) is 40.9 Å². The molecule has 4 rings (SSSR count). The van der Waals surface area contributed by atoms with E-state index >= 15 is 0 Å². The highest BCUT2D eigenvalue weighted by Crippen LogP contribution is 2.55. The Labute approximate surface area is 117 Å². The van der Waals surface area contributed by atoms with Gasteiger partial charge in [-0.1, -0.05) is 0 Å². The lowest BCUT2D eigenvalue weighted by atomic mass is 9.86. The van der Waals surface area contributed by atoms with Gasteiger partial charge in [0.25, 0.3) is 0 Å². The van der Waals surface area contributed by atoms with Crippen LogP contribution in [0.4, 0.5) is 0 Å². The summed E-state index contributed by atoms with van der Waals surface area (Å²) in [4.78, 5) is 0. The maximum atomic E-state index is 6.29. The summed E-state index contributed by atoms with van der Waals surface area (Å²) in [6.07, 6.45) is 2.26. The minimum Gasteiger partial charge on any atom is -0.461 e. The number of rotatable bonds is 2. The second kappa shape index (κ2) is 3.67. The van der Waals surface area contributed by atoms with E-state index in [9.17, 15) is 0 Å². The zero-order valence-corrected chi connectivity index (χ0v) is 12.1. The first-order chi connectivity index (χ1) is 9.51. The van der Waals surface area contributed by atoms with E-state index in [4.69, 9.17) is 14.6 Å². The number of benzene rings is 1. The molecule has 0 aliphatic heterocycles. The summed E-state index contributed by atoms with van der Waals surface area (Å²) in [6.45, 7) is 6.07. The molecule has 0 spiro atoms. The van der Waals surface area contributed by atoms with Crippen molar-refractivity contribution in [3.05, 3.63) is 35.3 Å². The number of furan rings is 2. The molecular formula is C17H19NO2. The van der Waals surface area contributed by atoms with Crippen LogP contribution in [-0.2, 0) is 5.41 Å². The van der Waals surface area contributed by atoms with Crippen LogP contribution in [0.1, 0.15) is 36.8 Å². The van der Waals surface area contributed by atoms with Gasteiger partial charge in [0.1, 0.15) is 22.7 Å². The normalized spacial score (nSPS) is 18.8. The van der Waals surface area contributed by atoms with Crippen molar-refractivity contribution in [3.8, 4) is 0 Å². The Morgan fingerprint density at radius 3 is 2.45 bits per heavy atom. The summed E-state index contributed by atoms with van der Waals surface area (Å²) in [5, 5.41) is 2.28. The molecule has 20 heavy (non-hydrogen) atoms. The van der Waals surface area contributed by atoms with Crippen LogP contribution >= 0.6 is 0 Å². The molecule has 0 radical (unpaired) electrons. The third-order valence-corrected chi connectivity index (χ3v) is 4.71. The Hall–Kier alpha value is -1.74. The monoisotopic (exact) mass is 269 g/mol. The Bertz CT molecular complexity index is 764. The van der Waals surface area contributed by atoms with E-state index < -0.39 is 0 Å². The smallest absolute Gasteiger partial charge is 0.138 e. The standard InChI is InChI=1S/C17H19NO2/c1-9-6-12-8-14-13(7-10(2)19-14)15(16(12)20-9)17(4-5-17)11(3)18/h6-8,11H,4-5,18H2,1-3H3. The van der Waals surface area contributed by atoms with Crippen molar-refractivity contribution in [1.29, 1.82) is 0 Å². The molecule has 1 atom stereocenters. The Kier molecular flexibility index (Phi) is 2.21. The Morgan fingerprint density at radius 2 is 1.80 bits per heavy atom. The van der Waals surface area contributed by atoms with Gasteiger partial charge >= 0.3 is 0 Å². The SMILES string of the molecule is Cc1cc2c(C3(C(C)N)CC3)c3oc(C)cc3cc2o1. The number of aryl methyl sites for hydroxylation is 2. The summed E-state index contributed by atoms with van der Waals surface area (Å²) in [5.74, 6) is 1.87. The van der Waals surface area contributed by atoms with E-state index in [2.05, 4.69) is 25.1 Å². The summed E-state index contributed by atoms with van der Waals surface area (Å²) in [5.41, 5.74) is 9.53. The first-order valence-electron chi connectivity index (χ1n) is 7.21. The molecule has 2 aromatic heterocycles. The third kappa shape index (κ3) is 1.44. The molecule has 1 aliphatic rings. The van der Waals surface area contributed by atoms with Crippen LogP contribution in [0, 0.1) is 13.8 Å². The fourth-order valence-electron chi connectivity index (χ4n) is 3.50. The van der Waals surface area contributed by atoms with Gasteiger partial charge in [-0.3, -0.25) is 0 Å². The average molecular weight is 269 g/mol. The molecule has 1 fully saturated rings. The molecule has 3 nitrogen and oxygen atoms in total. The van der Waals surface area contributed by atoms with Crippen molar-refractivity contribution in [2.24, 2.45) is 5.73 Å². The van der Waals surface area contributed by atoms with Crippen LogP contribution < -0.4 is 5.73 Å². The fourth-order valence-corrected chi connectivity index (χ4v) is 3.50.